The maximum Gasteiger partial charge on any atom is 0.271 e. The van der Waals surface area contributed by atoms with Gasteiger partial charge in [0.1, 0.15) is 0 Å². The van der Waals surface area contributed by atoms with Crippen molar-refractivity contribution in [1.82, 2.24) is 10.4 Å². The monoisotopic (exact) mass is 255 g/mol. The number of benzene rings is 1. The Balaban J connectivity index is 2.11. The van der Waals surface area contributed by atoms with Crippen molar-refractivity contribution in [1.29, 1.82) is 0 Å². The molecule has 0 aliphatic heterocycles. The lowest BCUT2D eigenvalue weighted by Gasteiger charge is -2.23. The van der Waals surface area contributed by atoms with E-state index in [2.05, 4.69) is 10.4 Å². The number of aromatic nitrogens is 1. The average molecular weight is 255 g/mol. The van der Waals surface area contributed by atoms with Crippen LogP contribution in [0.1, 0.15) is 22.8 Å². The molecule has 2 rings (SSSR count). The normalized spacial score (nSPS) is 10.0. The molecule has 0 spiro atoms. The van der Waals surface area contributed by atoms with Crippen molar-refractivity contribution in [3.05, 3.63) is 59.9 Å². The Kier molecular flexibility index (Phi) is 4.13. The summed E-state index contributed by atoms with van der Waals surface area (Å²) >= 11 is 0. The molecule has 1 aromatic carbocycles. The first kappa shape index (κ1) is 13.1. The van der Waals surface area contributed by atoms with Gasteiger partial charge in [0.2, 0.25) is 0 Å². The molecule has 0 aliphatic rings. The van der Waals surface area contributed by atoms with Gasteiger partial charge in [-0.15, -0.1) is 0 Å². The average Bonchev–Trinajstić information content (AvgIpc) is 2.46. The van der Waals surface area contributed by atoms with Gasteiger partial charge in [-0.05, 0) is 38.1 Å². The topological polar surface area (TPSA) is 45.2 Å². The summed E-state index contributed by atoms with van der Waals surface area (Å²) < 4.78 is 0. The highest BCUT2D eigenvalue weighted by Crippen LogP contribution is 2.13. The maximum absolute atomic E-state index is 12.1. The SMILES string of the molecule is CCN(NC(=O)c1cccnc1)c1ccc(C)cc1. The van der Waals surface area contributed by atoms with Crippen molar-refractivity contribution in [2.45, 2.75) is 13.8 Å². The first-order valence-corrected chi connectivity index (χ1v) is 6.26. The predicted molar refractivity (Wildman–Crippen MR) is 75.9 cm³/mol. The van der Waals surface area contributed by atoms with Crippen LogP contribution in [-0.2, 0) is 0 Å². The van der Waals surface area contributed by atoms with Gasteiger partial charge >= 0.3 is 0 Å². The van der Waals surface area contributed by atoms with Crippen LogP contribution >= 0.6 is 0 Å². The molecule has 0 saturated carbocycles. The van der Waals surface area contributed by atoms with Gasteiger partial charge in [0.25, 0.3) is 5.91 Å². The van der Waals surface area contributed by atoms with Gasteiger partial charge in [0.05, 0.1) is 11.3 Å². The largest absolute Gasteiger partial charge is 0.286 e. The van der Waals surface area contributed by atoms with E-state index in [1.807, 2.05) is 43.1 Å². The van der Waals surface area contributed by atoms with E-state index in [9.17, 15) is 4.79 Å². The van der Waals surface area contributed by atoms with E-state index in [0.29, 0.717) is 12.1 Å². The number of carbonyl (C=O) groups excluding carboxylic acids is 1. The Labute approximate surface area is 113 Å². The highest BCUT2D eigenvalue weighted by molar-refractivity contribution is 5.94. The Morgan fingerprint density at radius 3 is 2.58 bits per heavy atom. The van der Waals surface area contributed by atoms with E-state index in [-0.39, 0.29) is 5.91 Å². The second kappa shape index (κ2) is 6.00. The van der Waals surface area contributed by atoms with Crippen LogP contribution in [0.15, 0.2) is 48.8 Å². The van der Waals surface area contributed by atoms with Crippen LogP contribution in [0.2, 0.25) is 0 Å². The molecule has 4 heteroatoms. The number of hydrogen-bond donors (Lipinski definition) is 1. The molecule has 0 saturated heterocycles. The van der Waals surface area contributed by atoms with Gasteiger partial charge in [-0.1, -0.05) is 17.7 Å². The number of amides is 1. The van der Waals surface area contributed by atoms with Gasteiger partial charge in [-0.2, -0.15) is 0 Å². The molecular formula is C15H17N3O. The number of aryl methyl sites for hydroxylation is 1. The first-order valence-electron chi connectivity index (χ1n) is 6.26. The number of hydrogen-bond acceptors (Lipinski definition) is 3. The number of carbonyl (C=O) groups is 1. The molecule has 19 heavy (non-hydrogen) atoms. The van der Waals surface area contributed by atoms with Crippen LogP contribution < -0.4 is 10.4 Å². The lowest BCUT2D eigenvalue weighted by Crippen LogP contribution is -2.42. The highest BCUT2D eigenvalue weighted by Gasteiger charge is 2.10. The van der Waals surface area contributed by atoms with Crippen LogP contribution in [0.4, 0.5) is 5.69 Å². The van der Waals surface area contributed by atoms with Crippen LogP contribution in [0.25, 0.3) is 0 Å². The molecule has 0 aliphatic carbocycles. The van der Waals surface area contributed by atoms with Crippen LogP contribution in [0, 0.1) is 6.92 Å². The number of pyridine rings is 1. The third-order valence-corrected chi connectivity index (χ3v) is 2.82. The summed E-state index contributed by atoms with van der Waals surface area (Å²) in [6.07, 6.45) is 3.20. The molecule has 0 unspecified atom stereocenters. The molecule has 4 nitrogen and oxygen atoms in total. The van der Waals surface area contributed by atoms with Crippen LogP contribution in [-0.4, -0.2) is 17.4 Å². The third kappa shape index (κ3) is 3.31. The third-order valence-electron chi connectivity index (χ3n) is 2.82. The number of rotatable bonds is 4. The summed E-state index contributed by atoms with van der Waals surface area (Å²) in [5, 5.41) is 1.81. The zero-order valence-electron chi connectivity index (χ0n) is 11.1. The van der Waals surface area contributed by atoms with Gasteiger partial charge in [0.15, 0.2) is 0 Å². The highest BCUT2D eigenvalue weighted by atomic mass is 16.2. The van der Waals surface area contributed by atoms with E-state index in [4.69, 9.17) is 0 Å². The Bertz CT molecular complexity index is 537. The van der Waals surface area contributed by atoms with E-state index < -0.39 is 0 Å². The van der Waals surface area contributed by atoms with E-state index >= 15 is 0 Å². The van der Waals surface area contributed by atoms with Gasteiger partial charge in [-0.3, -0.25) is 20.2 Å². The summed E-state index contributed by atoms with van der Waals surface area (Å²) in [6, 6.07) is 11.5. The lowest BCUT2D eigenvalue weighted by atomic mass is 10.2. The molecule has 2 aromatic rings. The minimum Gasteiger partial charge on any atom is -0.286 e. The fraction of sp³-hybridized carbons (Fsp3) is 0.200. The molecule has 1 amide bonds. The van der Waals surface area contributed by atoms with Crippen molar-refractivity contribution >= 4 is 11.6 Å². The molecule has 1 N–H and O–H groups in total. The van der Waals surface area contributed by atoms with Gasteiger partial charge in [-0.25, -0.2) is 0 Å². The van der Waals surface area contributed by atoms with Crippen molar-refractivity contribution in [2.75, 3.05) is 11.6 Å². The fourth-order valence-electron chi connectivity index (χ4n) is 1.74. The second-order valence-corrected chi connectivity index (χ2v) is 4.26. The Morgan fingerprint density at radius 2 is 2.00 bits per heavy atom. The predicted octanol–water partition coefficient (Wildman–Crippen LogP) is 2.56. The molecule has 0 radical (unpaired) electrons. The maximum atomic E-state index is 12.1. The van der Waals surface area contributed by atoms with Crippen molar-refractivity contribution in [3.63, 3.8) is 0 Å². The standard InChI is InChI=1S/C15H17N3O/c1-3-18(14-8-6-12(2)7-9-14)17-15(19)13-5-4-10-16-11-13/h4-11H,3H2,1-2H3,(H,17,19). The molecular weight excluding hydrogens is 238 g/mol. The van der Waals surface area contributed by atoms with Crippen molar-refractivity contribution in [2.24, 2.45) is 0 Å². The summed E-state index contributed by atoms with van der Waals surface area (Å²) in [5.74, 6) is -0.157. The van der Waals surface area contributed by atoms with E-state index in [0.717, 1.165) is 5.69 Å². The smallest absolute Gasteiger partial charge is 0.271 e. The van der Waals surface area contributed by atoms with E-state index in [1.165, 1.54) is 5.56 Å². The number of anilines is 1. The molecule has 0 fully saturated rings. The lowest BCUT2D eigenvalue weighted by molar-refractivity contribution is 0.0949. The molecule has 1 aromatic heterocycles. The Hall–Kier alpha value is -2.36. The zero-order chi connectivity index (χ0) is 13.7. The first-order chi connectivity index (χ1) is 9.20. The minimum absolute atomic E-state index is 0.157. The minimum atomic E-state index is -0.157. The summed E-state index contributed by atoms with van der Waals surface area (Å²) in [6.45, 7) is 4.72. The number of nitrogens with one attached hydrogen (secondary N) is 1. The number of hydrazine groups is 1. The zero-order valence-corrected chi connectivity index (χ0v) is 11.1. The summed E-state index contributed by atoms with van der Waals surface area (Å²) in [7, 11) is 0. The quantitative estimate of drug-likeness (QED) is 0.854. The van der Waals surface area contributed by atoms with Crippen LogP contribution in [0.3, 0.4) is 0 Å². The van der Waals surface area contributed by atoms with Crippen LogP contribution in [0.5, 0.6) is 0 Å². The van der Waals surface area contributed by atoms with E-state index in [1.54, 1.807) is 24.5 Å². The summed E-state index contributed by atoms with van der Waals surface area (Å²) in [5.41, 5.74) is 5.58. The van der Waals surface area contributed by atoms with Crippen molar-refractivity contribution in [3.8, 4) is 0 Å². The van der Waals surface area contributed by atoms with Crippen molar-refractivity contribution < 1.29 is 4.79 Å². The van der Waals surface area contributed by atoms with Gasteiger partial charge < -0.3 is 0 Å². The number of nitrogens with zero attached hydrogens (tertiary/aromatic N) is 2. The molecule has 0 bridgehead atoms. The molecule has 0 atom stereocenters. The molecule has 98 valence electrons. The fourth-order valence-corrected chi connectivity index (χ4v) is 1.74. The Morgan fingerprint density at radius 1 is 1.26 bits per heavy atom. The second-order valence-electron chi connectivity index (χ2n) is 4.26. The van der Waals surface area contributed by atoms with Gasteiger partial charge in [0, 0.05) is 18.9 Å². The summed E-state index contributed by atoms with van der Waals surface area (Å²) in [4.78, 5) is 16.0. The molecule has 1 heterocycles.